The molecular weight excluding hydrogens is 254 g/mol. The van der Waals surface area contributed by atoms with Gasteiger partial charge in [0.05, 0.1) is 12.6 Å². The predicted octanol–water partition coefficient (Wildman–Crippen LogP) is 4.38. The van der Waals surface area contributed by atoms with Crippen molar-refractivity contribution in [1.82, 2.24) is 5.48 Å². The molecule has 3 heteroatoms. The first-order valence-corrected chi connectivity index (χ1v) is 7.76. The monoisotopic (exact) mass is 273 g/mol. The van der Waals surface area contributed by atoms with Crippen molar-refractivity contribution in [2.45, 2.75) is 38.3 Å². The highest BCUT2D eigenvalue weighted by Gasteiger charge is 2.15. The van der Waals surface area contributed by atoms with E-state index in [0.29, 0.717) is 6.10 Å². The van der Waals surface area contributed by atoms with Gasteiger partial charge in [0.25, 0.3) is 0 Å². The Morgan fingerprint density at radius 2 is 1.84 bits per heavy atom. The lowest BCUT2D eigenvalue weighted by molar-refractivity contribution is -0.0239. The maximum atomic E-state index is 5.68. The van der Waals surface area contributed by atoms with Crippen molar-refractivity contribution in [3.8, 4) is 10.4 Å². The van der Waals surface area contributed by atoms with Gasteiger partial charge >= 0.3 is 0 Å². The van der Waals surface area contributed by atoms with Crippen LogP contribution in [-0.2, 0) is 11.4 Å². The smallest absolute Gasteiger partial charge is 0.0790 e. The zero-order valence-corrected chi connectivity index (χ0v) is 11.8. The third-order valence-electron chi connectivity index (χ3n) is 3.52. The van der Waals surface area contributed by atoms with E-state index in [2.05, 4.69) is 47.9 Å². The third kappa shape index (κ3) is 3.44. The molecule has 0 saturated heterocycles. The summed E-state index contributed by atoms with van der Waals surface area (Å²) in [5, 5.41) is 0. The highest BCUT2D eigenvalue weighted by Crippen LogP contribution is 2.28. The summed E-state index contributed by atoms with van der Waals surface area (Å²) in [4.78, 5) is 8.31. The van der Waals surface area contributed by atoms with Gasteiger partial charge in [-0.25, -0.2) is 0 Å². The first-order chi connectivity index (χ1) is 9.42. The molecule has 0 atom stereocenters. The Hall–Kier alpha value is -1.16. The highest BCUT2D eigenvalue weighted by atomic mass is 32.1. The fourth-order valence-corrected chi connectivity index (χ4v) is 3.41. The summed E-state index contributed by atoms with van der Waals surface area (Å²) in [6.07, 6.45) is 5.44. The number of benzene rings is 1. The molecule has 1 aromatic heterocycles. The van der Waals surface area contributed by atoms with Crippen molar-refractivity contribution in [2.24, 2.45) is 0 Å². The normalized spacial score (nSPS) is 16.0. The Kier molecular flexibility index (Phi) is 4.28. The summed E-state index contributed by atoms with van der Waals surface area (Å²) in [5.74, 6) is 0. The minimum Gasteiger partial charge on any atom is -0.298 e. The van der Waals surface area contributed by atoms with Crippen molar-refractivity contribution in [1.29, 1.82) is 0 Å². The number of nitrogens with one attached hydrogen (secondary N) is 1. The topological polar surface area (TPSA) is 21.3 Å². The molecule has 0 amide bonds. The average molecular weight is 273 g/mol. The van der Waals surface area contributed by atoms with Crippen LogP contribution >= 0.6 is 11.3 Å². The second-order valence-electron chi connectivity index (χ2n) is 4.98. The second-order valence-corrected chi connectivity index (χ2v) is 6.15. The van der Waals surface area contributed by atoms with E-state index in [1.807, 2.05) is 11.3 Å². The van der Waals surface area contributed by atoms with Crippen molar-refractivity contribution in [3.05, 3.63) is 47.3 Å². The summed E-state index contributed by atoms with van der Waals surface area (Å²) in [5.41, 5.74) is 4.41. The van der Waals surface area contributed by atoms with E-state index >= 15 is 0 Å². The van der Waals surface area contributed by atoms with Gasteiger partial charge in [0, 0.05) is 9.75 Å². The number of hydrogen-bond donors (Lipinski definition) is 1. The lowest BCUT2D eigenvalue weighted by atomic mass is 10.2. The van der Waals surface area contributed by atoms with Crippen LogP contribution in [-0.4, -0.2) is 6.10 Å². The molecule has 100 valence electrons. The summed E-state index contributed by atoms with van der Waals surface area (Å²) in [6, 6.07) is 14.9. The molecule has 0 unspecified atom stereocenters. The second kappa shape index (κ2) is 6.33. The van der Waals surface area contributed by atoms with E-state index in [4.69, 9.17) is 4.84 Å². The molecule has 0 radical (unpaired) electrons. The molecule has 1 aliphatic rings. The number of hydroxylamine groups is 1. The average Bonchev–Trinajstić information content (AvgIpc) is 3.11. The van der Waals surface area contributed by atoms with Crippen LogP contribution in [0.15, 0.2) is 42.5 Å². The van der Waals surface area contributed by atoms with Gasteiger partial charge in [-0.05, 0) is 30.5 Å². The molecule has 1 aliphatic carbocycles. The van der Waals surface area contributed by atoms with Gasteiger partial charge in [-0.15, -0.1) is 11.3 Å². The molecule has 3 rings (SSSR count). The van der Waals surface area contributed by atoms with Gasteiger partial charge in [-0.2, -0.15) is 5.48 Å². The fraction of sp³-hybridized carbons (Fsp3) is 0.375. The van der Waals surface area contributed by atoms with E-state index < -0.39 is 0 Å². The molecule has 19 heavy (non-hydrogen) atoms. The number of hydrogen-bond acceptors (Lipinski definition) is 3. The molecule has 1 aromatic carbocycles. The summed E-state index contributed by atoms with van der Waals surface area (Å²) in [7, 11) is 0. The Balaban J connectivity index is 1.53. The summed E-state index contributed by atoms with van der Waals surface area (Å²) in [6.45, 7) is 0.800. The van der Waals surface area contributed by atoms with Crippen LogP contribution in [0.25, 0.3) is 10.4 Å². The Morgan fingerprint density at radius 1 is 1.05 bits per heavy atom. The number of thiophene rings is 1. The van der Waals surface area contributed by atoms with E-state index in [1.165, 1.54) is 41.0 Å². The van der Waals surface area contributed by atoms with Crippen molar-refractivity contribution in [2.75, 3.05) is 0 Å². The van der Waals surface area contributed by atoms with E-state index in [1.54, 1.807) is 0 Å². The first-order valence-electron chi connectivity index (χ1n) is 6.94. The first kappa shape index (κ1) is 12.9. The zero-order chi connectivity index (χ0) is 12.9. The van der Waals surface area contributed by atoms with E-state index in [0.717, 1.165) is 6.54 Å². The number of rotatable bonds is 5. The van der Waals surface area contributed by atoms with Gasteiger partial charge in [-0.3, -0.25) is 4.84 Å². The van der Waals surface area contributed by atoms with E-state index in [-0.39, 0.29) is 0 Å². The highest BCUT2D eigenvalue weighted by molar-refractivity contribution is 7.15. The molecule has 2 nitrogen and oxygen atoms in total. The van der Waals surface area contributed by atoms with Crippen molar-refractivity contribution < 1.29 is 4.84 Å². The quantitative estimate of drug-likeness (QED) is 0.816. The molecular formula is C16H19NOS. The Bertz CT molecular complexity index is 502. The summed E-state index contributed by atoms with van der Waals surface area (Å²) < 4.78 is 0. The predicted molar refractivity (Wildman–Crippen MR) is 79.9 cm³/mol. The Morgan fingerprint density at radius 3 is 2.63 bits per heavy atom. The third-order valence-corrected chi connectivity index (χ3v) is 4.65. The standard InChI is InChI=1S/C16H19NOS/c1-2-6-13(7-3-1)16-11-10-15(19-16)12-17-18-14-8-4-5-9-14/h1-3,6-7,10-11,14,17H,4-5,8-9,12H2. The van der Waals surface area contributed by atoms with Crippen molar-refractivity contribution in [3.63, 3.8) is 0 Å². The minimum atomic E-state index is 0.425. The fourth-order valence-electron chi connectivity index (χ4n) is 2.47. The van der Waals surface area contributed by atoms with Gasteiger partial charge in [0.1, 0.15) is 0 Å². The van der Waals surface area contributed by atoms with Gasteiger partial charge in [0.15, 0.2) is 0 Å². The van der Waals surface area contributed by atoms with Crippen LogP contribution < -0.4 is 5.48 Å². The van der Waals surface area contributed by atoms with Gasteiger partial charge in [0.2, 0.25) is 0 Å². The van der Waals surface area contributed by atoms with Gasteiger partial charge in [-0.1, -0.05) is 43.2 Å². The maximum Gasteiger partial charge on any atom is 0.0790 e. The SMILES string of the molecule is c1ccc(-c2ccc(CNOC3CCCC3)s2)cc1. The van der Waals surface area contributed by atoms with Crippen LogP contribution in [0.1, 0.15) is 30.6 Å². The lowest BCUT2D eigenvalue weighted by Crippen LogP contribution is -2.20. The van der Waals surface area contributed by atoms with Crippen LogP contribution in [0, 0.1) is 0 Å². The van der Waals surface area contributed by atoms with Crippen molar-refractivity contribution >= 4 is 11.3 Å². The van der Waals surface area contributed by atoms with Crippen LogP contribution in [0.3, 0.4) is 0 Å². The zero-order valence-electron chi connectivity index (χ0n) is 11.0. The van der Waals surface area contributed by atoms with Crippen LogP contribution in [0.2, 0.25) is 0 Å². The maximum absolute atomic E-state index is 5.68. The molecule has 2 aromatic rings. The Labute approximate surface area is 118 Å². The molecule has 0 bridgehead atoms. The van der Waals surface area contributed by atoms with Crippen LogP contribution in [0.5, 0.6) is 0 Å². The molecule has 1 saturated carbocycles. The molecule has 0 spiro atoms. The molecule has 1 fully saturated rings. The minimum absolute atomic E-state index is 0.425. The molecule has 0 aliphatic heterocycles. The van der Waals surface area contributed by atoms with E-state index in [9.17, 15) is 0 Å². The molecule has 1 heterocycles. The lowest BCUT2D eigenvalue weighted by Gasteiger charge is -2.10. The largest absolute Gasteiger partial charge is 0.298 e. The molecule has 1 N–H and O–H groups in total. The van der Waals surface area contributed by atoms with Gasteiger partial charge < -0.3 is 0 Å². The summed E-state index contributed by atoms with van der Waals surface area (Å²) >= 11 is 1.83. The van der Waals surface area contributed by atoms with Crippen LogP contribution in [0.4, 0.5) is 0 Å².